The predicted molar refractivity (Wildman–Crippen MR) is 111 cm³/mol. The van der Waals surface area contributed by atoms with E-state index in [0.717, 1.165) is 25.1 Å². The molecule has 0 aliphatic carbocycles. The van der Waals surface area contributed by atoms with E-state index in [4.69, 9.17) is 0 Å². The summed E-state index contributed by atoms with van der Waals surface area (Å²) in [5.74, 6) is 0. The smallest absolute Gasteiger partial charge is 0.0590 e. The second kappa shape index (κ2) is 10.8. The zero-order valence-corrected chi connectivity index (χ0v) is 15.8. The van der Waals surface area contributed by atoms with Crippen LogP contribution in [-0.4, -0.2) is 27.6 Å². The van der Waals surface area contributed by atoms with Crippen molar-refractivity contribution in [2.75, 3.05) is 6.61 Å². The van der Waals surface area contributed by atoms with Gasteiger partial charge in [0.2, 0.25) is 0 Å². The number of aromatic nitrogens is 1. The molecule has 0 saturated heterocycles. The van der Waals surface area contributed by atoms with Gasteiger partial charge in [0, 0.05) is 31.5 Å². The predicted octanol–water partition coefficient (Wildman–Crippen LogP) is 3.80. The molecule has 0 aliphatic heterocycles. The minimum absolute atomic E-state index is 0. The highest BCUT2D eigenvalue weighted by molar-refractivity contribution is 7.59. The van der Waals surface area contributed by atoms with Crippen molar-refractivity contribution in [3.8, 4) is 0 Å². The van der Waals surface area contributed by atoms with E-state index in [1.807, 2.05) is 24.4 Å². The van der Waals surface area contributed by atoms with Gasteiger partial charge in [-0.3, -0.25) is 9.88 Å². The minimum atomic E-state index is 0. The molecule has 1 N–H and O–H groups in total. The van der Waals surface area contributed by atoms with Gasteiger partial charge in [-0.15, -0.1) is 0 Å². The van der Waals surface area contributed by atoms with E-state index >= 15 is 0 Å². The lowest BCUT2D eigenvalue weighted by molar-refractivity contribution is 0.109. The highest BCUT2D eigenvalue weighted by Crippen LogP contribution is 2.16. The molecular formula is C22H26N2OS. The second-order valence-electron chi connectivity index (χ2n) is 6.28. The lowest BCUT2D eigenvalue weighted by atomic mass is 10.0. The van der Waals surface area contributed by atoms with Crippen molar-refractivity contribution in [2.45, 2.75) is 25.6 Å². The topological polar surface area (TPSA) is 36.4 Å². The standard InChI is InChI=1S/C22H24N2O.H2S/c25-18-22(14-21-12-7-13-23-15-21)24(16-19-8-3-1-4-9-19)17-20-10-5-2-6-11-20;/h1-13,15,22,25H,14,16-18H2;1H2/t22-;/m0./s1. The molecule has 26 heavy (non-hydrogen) atoms. The van der Waals surface area contributed by atoms with Gasteiger partial charge in [-0.1, -0.05) is 66.7 Å². The number of hydrogen-bond donors (Lipinski definition) is 1. The highest BCUT2D eigenvalue weighted by Gasteiger charge is 2.19. The Kier molecular flexibility index (Phi) is 8.35. The van der Waals surface area contributed by atoms with E-state index in [-0.39, 0.29) is 26.1 Å². The Morgan fingerprint density at radius 2 is 1.31 bits per heavy atom. The van der Waals surface area contributed by atoms with Crippen LogP contribution < -0.4 is 0 Å². The molecule has 3 aromatic rings. The summed E-state index contributed by atoms with van der Waals surface area (Å²) in [6.45, 7) is 1.73. The van der Waals surface area contributed by atoms with E-state index in [1.54, 1.807) is 6.20 Å². The van der Waals surface area contributed by atoms with E-state index in [2.05, 4.69) is 64.5 Å². The molecule has 0 bridgehead atoms. The van der Waals surface area contributed by atoms with E-state index < -0.39 is 0 Å². The van der Waals surface area contributed by atoms with Crippen molar-refractivity contribution in [1.29, 1.82) is 0 Å². The van der Waals surface area contributed by atoms with Gasteiger partial charge in [0.05, 0.1) is 6.61 Å². The summed E-state index contributed by atoms with van der Waals surface area (Å²) in [4.78, 5) is 6.54. The molecule has 0 spiro atoms. The Morgan fingerprint density at radius 3 is 1.77 bits per heavy atom. The van der Waals surface area contributed by atoms with E-state index in [0.29, 0.717) is 0 Å². The molecule has 0 aliphatic rings. The first-order valence-electron chi connectivity index (χ1n) is 8.67. The van der Waals surface area contributed by atoms with Crippen molar-refractivity contribution in [1.82, 2.24) is 9.88 Å². The highest BCUT2D eigenvalue weighted by atomic mass is 32.1. The molecule has 3 nitrogen and oxygen atoms in total. The number of aliphatic hydroxyl groups excluding tert-OH is 1. The Hall–Kier alpha value is -2.14. The summed E-state index contributed by atoms with van der Waals surface area (Å²) in [7, 11) is 0. The average Bonchev–Trinajstić information content (AvgIpc) is 2.68. The number of benzene rings is 2. The van der Waals surface area contributed by atoms with E-state index in [9.17, 15) is 5.11 Å². The van der Waals surface area contributed by atoms with Gasteiger partial charge < -0.3 is 5.11 Å². The molecule has 0 unspecified atom stereocenters. The number of aliphatic hydroxyl groups is 1. The Labute approximate surface area is 162 Å². The zero-order valence-electron chi connectivity index (χ0n) is 14.8. The normalized spacial score (nSPS) is 11.8. The molecule has 4 heteroatoms. The first kappa shape index (κ1) is 20.2. The van der Waals surface area contributed by atoms with Gasteiger partial charge in [-0.05, 0) is 29.2 Å². The van der Waals surface area contributed by atoms with Crippen LogP contribution in [0.4, 0.5) is 0 Å². The summed E-state index contributed by atoms with van der Waals surface area (Å²) >= 11 is 0. The summed E-state index contributed by atoms with van der Waals surface area (Å²) in [5, 5.41) is 10.1. The molecule has 0 fully saturated rings. The first-order valence-corrected chi connectivity index (χ1v) is 8.67. The Balaban J connectivity index is 0.00000243. The molecule has 3 rings (SSSR count). The average molecular weight is 367 g/mol. The molecule has 1 atom stereocenters. The van der Waals surface area contributed by atoms with E-state index in [1.165, 1.54) is 11.1 Å². The number of hydrogen-bond acceptors (Lipinski definition) is 3. The third-order valence-electron chi connectivity index (χ3n) is 4.38. The van der Waals surface area contributed by atoms with Gasteiger partial charge in [-0.25, -0.2) is 0 Å². The van der Waals surface area contributed by atoms with Crippen molar-refractivity contribution < 1.29 is 5.11 Å². The Morgan fingerprint density at radius 1 is 0.769 bits per heavy atom. The molecule has 0 saturated carbocycles. The molecule has 2 aromatic carbocycles. The number of rotatable bonds is 8. The summed E-state index contributed by atoms with van der Waals surface area (Å²) in [6, 6.07) is 24.9. The van der Waals surface area contributed by atoms with Crippen LogP contribution in [0.5, 0.6) is 0 Å². The summed E-state index contributed by atoms with van der Waals surface area (Å²) < 4.78 is 0. The van der Waals surface area contributed by atoms with Gasteiger partial charge in [-0.2, -0.15) is 13.5 Å². The van der Waals surface area contributed by atoms with Gasteiger partial charge >= 0.3 is 0 Å². The lowest BCUT2D eigenvalue weighted by Crippen LogP contribution is -2.38. The minimum Gasteiger partial charge on any atom is -0.395 e. The molecule has 0 amide bonds. The van der Waals surface area contributed by atoms with Crippen LogP contribution in [-0.2, 0) is 19.5 Å². The third kappa shape index (κ3) is 5.99. The molecular weight excluding hydrogens is 340 g/mol. The van der Waals surface area contributed by atoms with Gasteiger partial charge in [0.1, 0.15) is 0 Å². The van der Waals surface area contributed by atoms with Crippen molar-refractivity contribution in [3.63, 3.8) is 0 Å². The quantitative estimate of drug-likeness (QED) is 0.659. The fraction of sp³-hybridized carbons (Fsp3) is 0.227. The van der Waals surface area contributed by atoms with Crippen LogP contribution in [0.25, 0.3) is 0 Å². The third-order valence-corrected chi connectivity index (χ3v) is 4.38. The maximum atomic E-state index is 10.1. The summed E-state index contributed by atoms with van der Waals surface area (Å²) in [5.41, 5.74) is 3.65. The molecule has 136 valence electrons. The van der Waals surface area contributed by atoms with Crippen LogP contribution >= 0.6 is 13.5 Å². The maximum absolute atomic E-state index is 10.1. The van der Waals surface area contributed by atoms with Gasteiger partial charge in [0.15, 0.2) is 0 Å². The van der Waals surface area contributed by atoms with Crippen molar-refractivity contribution >= 4 is 13.5 Å². The van der Waals surface area contributed by atoms with Crippen molar-refractivity contribution in [3.05, 3.63) is 102 Å². The SMILES string of the molecule is OC[C@H](Cc1cccnc1)N(Cc1ccccc1)Cc1ccccc1.S. The van der Waals surface area contributed by atoms with Crippen LogP contribution in [0.2, 0.25) is 0 Å². The summed E-state index contributed by atoms with van der Waals surface area (Å²) in [6.07, 6.45) is 4.44. The van der Waals surface area contributed by atoms with Crippen LogP contribution in [0.3, 0.4) is 0 Å². The largest absolute Gasteiger partial charge is 0.395 e. The maximum Gasteiger partial charge on any atom is 0.0590 e. The second-order valence-corrected chi connectivity index (χ2v) is 6.28. The molecule has 1 aromatic heterocycles. The molecule has 1 heterocycles. The fourth-order valence-electron chi connectivity index (χ4n) is 3.05. The van der Waals surface area contributed by atoms with Crippen LogP contribution in [0, 0.1) is 0 Å². The number of pyridine rings is 1. The van der Waals surface area contributed by atoms with Gasteiger partial charge in [0.25, 0.3) is 0 Å². The molecule has 0 radical (unpaired) electrons. The van der Waals surface area contributed by atoms with Crippen molar-refractivity contribution in [2.24, 2.45) is 0 Å². The monoisotopic (exact) mass is 366 g/mol. The van der Waals surface area contributed by atoms with Crippen LogP contribution in [0.15, 0.2) is 85.2 Å². The Bertz CT molecular complexity index is 696. The first-order chi connectivity index (χ1) is 12.3. The lowest BCUT2D eigenvalue weighted by Gasteiger charge is -2.31. The van der Waals surface area contributed by atoms with Crippen LogP contribution in [0.1, 0.15) is 16.7 Å². The fourth-order valence-corrected chi connectivity index (χ4v) is 3.05. The number of nitrogens with zero attached hydrogens (tertiary/aromatic N) is 2. The zero-order chi connectivity index (χ0) is 17.3.